The Balaban J connectivity index is 0.000000200. The van der Waals surface area contributed by atoms with Crippen molar-refractivity contribution in [1.29, 1.82) is 0 Å². The Morgan fingerprint density at radius 2 is 1.30 bits per heavy atom. The monoisotopic (exact) mass is 300 g/mol. The molecule has 2 unspecified atom stereocenters. The molecule has 0 aromatic heterocycles. The van der Waals surface area contributed by atoms with Crippen molar-refractivity contribution in [3.8, 4) is 0 Å². The van der Waals surface area contributed by atoms with Crippen molar-refractivity contribution >= 4 is 0 Å². The van der Waals surface area contributed by atoms with Crippen LogP contribution in [0.2, 0.25) is 0 Å². The standard InChI is InChI=1S/2C5H10O5/c6-2-1-10-5(9)4(8)3(2)7;6-1-2-3(7)4(8)5(9)10-2/h2*2-9H,1H2/t2*2-,3-,4+,5?/m11/s1. The molecule has 0 aromatic carbocycles. The van der Waals surface area contributed by atoms with E-state index in [1.54, 1.807) is 0 Å². The van der Waals surface area contributed by atoms with E-state index >= 15 is 0 Å². The van der Waals surface area contributed by atoms with Gasteiger partial charge in [0.05, 0.1) is 13.2 Å². The van der Waals surface area contributed by atoms with Crippen LogP contribution in [0.3, 0.4) is 0 Å². The summed E-state index contributed by atoms with van der Waals surface area (Å²) < 4.78 is 9.01. The fourth-order valence-electron chi connectivity index (χ4n) is 1.67. The van der Waals surface area contributed by atoms with E-state index in [1.807, 2.05) is 0 Å². The number of hydrogen-bond acceptors (Lipinski definition) is 10. The molecule has 0 radical (unpaired) electrons. The van der Waals surface area contributed by atoms with Crippen LogP contribution in [0, 0.1) is 0 Å². The Morgan fingerprint density at radius 3 is 1.65 bits per heavy atom. The quantitative estimate of drug-likeness (QED) is 0.233. The zero-order valence-electron chi connectivity index (χ0n) is 10.4. The predicted octanol–water partition coefficient (Wildman–Crippen LogP) is -5.16. The molecule has 20 heavy (non-hydrogen) atoms. The van der Waals surface area contributed by atoms with Gasteiger partial charge in [-0.2, -0.15) is 0 Å². The van der Waals surface area contributed by atoms with Crippen molar-refractivity contribution in [2.45, 2.75) is 49.2 Å². The lowest BCUT2D eigenvalue weighted by atomic mass is 10.1. The van der Waals surface area contributed by atoms with Gasteiger partial charge >= 0.3 is 0 Å². The molecule has 2 aliphatic rings. The maximum Gasteiger partial charge on any atom is 0.184 e. The predicted molar refractivity (Wildman–Crippen MR) is 60.0 cm³/mol. The van der Waals surface area contributed by atoms with Crippen molar-refractivity contribution in [2.24, 2.45) is 0 Å². The summed E-state index contributed by atoms with van der Waals surface area (Å²) in [5.74, 6) is 0. The molecule has 10 heteroatoms. The first kappa shape index (κ1) is 17.7. The minimum absolute atomic E-state index is 0.153. The molecule has 0 aromatic rings. The number of ether oxygens (including phenoxy) is 2. The van der Waals surface area contributed by atoms with Crippen LogP contribution in [0.5, 0.6) is 0 Å². The van der Waals surface area contributed by atoms with E-state index in [-0.39, 0.29) is 6.61 Å². The number of aliphatic hydroxyl groups excluding tert-OH is 8. The Bertz CT molecular complexity index is 272. The maximum absolute atomic E-state index is 8.93. The van der Waals surface area contributed by atoms with Gasteiger partial charge in [0.15, 0.2) is 12.6 Å². The molecule has 120 valence electrons. The third-order valence-corrected chi connectivity index (χ3v) is 2.99. The van der Waals surface area contributed by atoms with Gasteiger partial charge in [0, 0.05) is 0 Å². The molecular formula is C10H20O10. The molecule has 0 saturated carbocycles. The molecule has 2 aliphatic heterocycles. The molecule has 2 heterocycles. The Hall–Kier alpha value is -0.400. The second-order valence-corrected chi connectivity index (χ2v) is 4.50. The zero-order chi connectivity index (χ0) is 15.4. The lowest BCUT2D eigenvalue weighted by molar-refractivity contribution is -0.252. The van der Waals surface area contributed by atoms with Crippen LogP contribution >= 0.6 is 0 Å². The van der Waals surface area contributed by atoms with E-state index in [2.05, 4.69) is 9.47 Å². The van der Waals surface area contributed by atoms with Gasteiger partial charge in [-0.25, -0.2) is 0 Å². The fourth-order valence-corrected chi connectivity index (χ4v) is 1.67. The average Bonchev–Trinajstić information content (AvgIpc) is 2.68. The smallest absolute Gasteiger partial charge is 0.184 e. The second-order valence-electron chi connectivity index (χ2n) is 4.50. The number of rotatable bonds is 1. The molecule has 0 amide bonds. The first-order valence-electron chi connectivity index (χ1n) is 5.94. The Labute approximate surface area is 114 Å². The van der Waals surface area contributed by atoms with Crippen LogP contribution in [-0.4, -0.2) is 103 Å². The SMILES string of the molecule is OC1OC[C@@H](O)[C@@H](O)[C@@H]1O.OC[C@H]1OC(O)[C@@H](O)[C@@H]1O. The first-order chi connectivity index (χ1) is 9.29. The van der Waals surface area contributed by atoms with Gasteiger partial charge in [-0.15, -0.1) is 0 Å². The molecule has 8 N–H and O–H groups in total. The highest BCUT2D eigenvalue weighted by Gasteiger charge is 2.41. The van der Waals surface area contributed by atoms with Gasteiger partial charge in [-0.3, -0.25) is 0 Å². The molecular weight excluding hydrogens is 280 g/mol. The van der Waals surface area contributed by atoms with Crippen LogP contribution in [0.1, 0.15) is 0 Å². The van der Waals surface area contributed by atoms with Crippen LogP contribution in [0.15, 0.2) is 0 Å². The summed E-state index contributed by atoms with van der Waals surface area (Å²) in [7, 11) is 0. The Morgan fingerprint density at radius 1 is 0.750 bits per heavy atom. The van der Waals surface area contributed by atoms with Crippen LogP contribution in [-0.2, 0) is 9.47 Å². The third-order valence-electron chi connectivity index (χ3n) is 2.99. The van der Waals surface area contributed by atoms with Crippen molar-refractivity contribution in [1.82, 2.24) is 0 Å². The van der Waals surface area contributed by atoms with E-state index < -0.39 is 55.8 Å². The van der Waals surface area contributed by atoms with Crippen molar-refractivity contribution in [3.05, 3.63) is 0 Å². The first-order valence-corrected chi connectivity index (χ1v) is 5.94. The van der Waals surface area contributed by atoms with Crippen LogP contribution in [0.25, 0.3) is 0 Å². The molecule has 0 bridgehead atoms. The molecule has 2 saturated heterocycles. The second kappa shape index (κ2) is 7.56. The van der Waals surface area contributed by atoms with Gasteiger partial charge in [-0.1, -0.05) is 0 Å². The highest BCUT2D eigenvalue weighted by atomic mass is 16.6. The van der Waals surface area contributed by atoms with Crippen LogP contribution < -0.4 is 0 Å². The largest absolute Gasteiger partial charge is 0.394 e. The van der Waals surface area contributed by atoms with E-state index in [4.69, 9.17) is 40.9 Å². The van der Waals surface area contributed by atoms with Gasteiger partial charge in [0.1, 0.15) is 36.6 Å². The van der Waals surface area contributed by atoms with E-state index in [9.17, 15) is 0 Å². The minimum atomic E-state index is -1.41. The number of aliphatic hydroxyl groups is 8. The van der Waals surface area contributed by atoms with Crippen molar-refractivity contribution in [2.75, 3.05) is 13.2 Å². The minimum Gasteiger partial charge on any atom is -0.394 e. The van der Waals surface area contributed by atoms with Gasteiger partial charge in [-0.05, 0) is 0 Å². The normalized spacial score (nSPS) is 48.6. The topological polar surface area (TPSA) is 180 Å². The van der Waals surface area contributed by atoms with Gasteiger partial charge in [0.25, 0.3) is 0 Å². The molecule has 0 spiro atoms. The maximum atomic E-state index is 8.93. The Kier molecular flexibility index (Phi) is 6.68. The van der Waals surface area contributed by atoms with E-state index in [1.165, 1.54) is 0 Å². The highest BCUT2D eigenvalue weighted by Crippen LogP contribution is 2.18. The summed E-state index contributed by atoms with van der Waals surface area (Å²) in [6.45, 7) is -0.561. The summed E-state index contributed by atoms with van der Waals surface area (Å²) in [6, 6.07) is 0. The third kappa shape index (κ3) is 4.05. The van der Waals surface area contributed by atoms with Crippen LogP contribution in [0.4, 0.5) is 0 Å². The summed E-state index contributed by atoms with van der Waals surface area (Å²) in [5, 5.41) is 70.2. The number of hydrogen-bond donors (Lipinski definition) is 8. The van der Waals surface area contributed by atoms with E-state index in [0.717, 1.165) is 0 Å². The molecule has 10 nitrogen and oxygen atoms in total. The molecule has 2 fully saturated rings. The summed E-state index contributed by atoms with van der Waals surface area (Å²) in [4.78, 5) is 0. The molecule has 8 atom stereocenters. The van der Waals surface area contributed by atoms with E-state index in [0.29, 0.717) is 0 Å². The molecule has 0 aliphatic carbocycles. The summed E-state index contributed by atoms with van der Waals surface area (Å²) >= 11 is 0. The van der Waals surface area contributed by atoms with Crippen molar-refractivity contribution in [3.63, 3.8) is 0 Å². The summed E-state index contributed by atoms with van der Waals surface area (Å²) in [6.07, 6.45) is -9.99. The summed E-state index contributed by atoms with van der Waals surface area (Å²) in [5.41, 5.74) is 0. The zero-order valence-corrected chi connectivity index (χ0v) is 10.4. The molecule has 2 rings (SSSR count). The van der Waals surface area contributed by atoms with Crippen molar-refractivity contribution < 1.29 is 50.3 Å². The average molecular weight is 300 g/mol. The van der Waals surface area contributed by atoms with Gasteiger partial charge in [0.2, 0.25) is 0 Å². The highest BCUT2D eigenvalue weighted by molar-refractivity contribution is 4.85. The lowest BCUT2D eigenvalue weighted by Gasteiger charge is -2.31. The van der Waals surface area contributed by atoms with Gasteiger partial charge < -0.3 is 50.3 Å². The fraction of sp³-hybridized carbons (Fsp3) is 1.00. The lowest BCUT2D eigenvalue weighted by Crippen LogP contribution is -2.52.